The van der Waals surface area contributed by atoms with E-state index < -0.39 is 29.6 Å². The van der Waals surface area contributed by atoms with Crippen LogP contribution in [0, 0.1) is 23.2 Å². The minimum atomic E-state index is -0.774. The van der Waals surface area contributed by atoms with Gasteiger partial charge in [0.15, 0.2) is 6.61 Å². The first-order valence-corrected chi connectivity index (χ1v) is 10.6. The second-order valence-electron chi connectivity index (χ2n) is 9.86. The molecule has 1 aromatic rings. The van der Waals surface area contributed by atoms with Crippen molar-refractivity contribution in [2.45, 2.75) is 66.8 Å². The van der Waals surface area contributed by atoms with E-state index in [0.717, 1.165) is 30.3 Å². The molecule has 0 atom stereocenters. The number of hydrogen-bond donors (Lipinski definition) is 1. The van der Waals surface area contributed by atoms with Gasteiger partial charge in [-0.05, 0) is 42.9 Å². The van der Waals surface area contributed by atoms with Crippen LogP contribution in [-0.2, 0) is 23.1 Å². The highest BCUT2D eigenvalue weighted by molar-refractivity contribution is 6.01. The third-order valence-corrected chi connectivity index (χ3v) is 6.04. The zero-order valence-electron chi connectivity index (χ0n) is 19.0. The molecule has 0 saturated heterocycles. The molecular weight excluding hydrogens is 386 g/mol. The number of Topliss-reactive ketones (excluding diaryl/α,β-unsaturated/α-hetero) is 1. The van der Waals surface area contributed by atoms with Gasteiger partial charge in [0.1, 0.15) is 11.4 Å². The Kier molecular flexibility index (Phi) is 7.31. The number of nitrogens with two attached hydrogens (primary N) is 1. The smallest absolute Gasteiger partial charge is 0.332 e. The van der Waals surface area contributed by atoms with Crippen LogP contribution in [0.15, 0.2) is 9.59 Å². The van der Waals surface area contributed by atoms with E-state index in [1.807, 2.05) is 13.8 Å². The van der Waals surface area contributed by atoms with Gasteiger partial charge in [0, 0.05) is 13.6 Å². The van der Waals surface area contributed by atoms with Crippen LogP contribution in [0.2, 0.25) is 0 Å². The molecular formula is C22H35N3O5. The monoisotopic (exact) mass is 421 g/mol. The van der Waals surface area contributed by atoms with Crippen molar-refractivity contribution in [2.24, 2.45) is 30.2 Å². The number of hydrogen-bond acceptors (Lipinski definition) is 6. The highest BCUT2D eigenvalue weighted by Gasteiger charge is 2.33. The highest BCUT2D eigenvalue weighted by atomic mass is 16.5. The van der Waals surface area contributed by atoms with Crippen molar-refractivity contribution in [3.63, 3.8) is 0 Å². The fourth-order valence-corrected chi connectivity index (χ4v) is 4.11. The summed E-state index contributed by atoms with van der Waals surface area (Å²) in [6.45, 7) is 10.1. The molecule has 30 heavy (non-hydrogen) atoms. The summed E-state index contributed by atoms with van der Waals surface area (Å²) < 4.78 is 7.32. The summed E-state index contributed by atoms with van der Waals surface area (Å²) in [7, 11) is 1.30. The van der Waals surface area contributed by atoms with E-state index in [2.05, 4.69) is 20.8 Å². The molecule has 0 aliphatic heterocycles. The lowest BCUT2D eigenvalue weighted by Crippen LogP contribution is -2.43. The standard InChI is InChI=1S/C22H35N3O5/c1-13(2)11-25-18(23)17(19(27)24(6)21(25)29)16(26)12-30-20(28)14-7-9-15(10-8-14)22(3,4)5/h13-15H,7-12,23H2,1-6H3. The van der Waals surface area contributed by atoms with Crippen molar-refractivity contribution in [3.8, 4) is 0 Å². The van der Waals surface area contributed by atoms with Crippen molar-refractivity contribution in [3.05, 3.63) is 26.4 Å². The molecule has 0 unspecified atom stereocenters. The zero-order chi connectivity index (χ0) is 22.8. The minimum absolute atomic E-state index is 0.0894. The summed E-state index contributed by atoms with van der Waals surface area (Å²) in [5.41, 5.74) is 4.56. The number of ketones is 1. The molecule has 1 fully saturated rings. The van der Waals surface area contributed by atoms with Gasteiger partial charge in [-0.1, -0.05) is 34.6 Å². The van der Waals surface area contributed by atoms with E-state index in [4.69, 9.17) is 10.5 Å². The Morgan fingerprint density at radius 1 is 1.13 bits per heavy atom. The Balaban J connectivity index is 2.10. The fourth-order valence-electron chi connectivity index (χ4n) is 4.11. The van der Waals surface area contributed by atoms with Crippen molar-refractivity contribution in [1.29, 1.82) is 0 Å². The van der Waals surface area contributed by atoms with Crippen molar-refractivity contribution in [2.75, 3.05) is 12.3 Å². The average molecular weight is 422 g/mol. The van der Waals surface area contributed by atoms with Gasteiger partial charge >= 0.3 is 11.7 Å². The number of carbonyl (C=O) groups is 2. The molecule has 0 spiro atoms. The lowest BCUT2D eigenvalue weighted by Gasteiger charge is -2.36. The van der Waals surface area contributed by atoms with Crippen LogP contribution < -0.4 is 17.0 Å². The van der Waals surface area contributed by atoms with E-state index in [-0.39, 0.29) is 35.2 Å². The maximum atomic E-state index is 12.7. The number of carbonyl (C=O) groups excluding carboxylic acids is 2. The van der Waals surface area contributed by atoms with Gasteiger partial charge in [0.2, 0.25) is 5.78 Å². The third-order valence-electron chi connectivity index (χ3n) is 6.04. The van der Waals surface area contributed by atoms with Crippen LogP contribution in [0.5, 0.6) is 0 Å². The molecule has 2 rings (SSSR count). The summed E-state index contributed by atoms with van der Waals surface area (Å²) in [6, 6.07) is 0. The predicted molar refractivity (Wildman–Crippen MR) is 115 cm³/mol. The van der Waals surface area contributed by atoms with Crippen molar-refractivity contribution >= 4 is 17.6 Å². The second-order valence-corrected chi connectivity index (χ2v) is 9.86. The number of anilines is 1. The van der Waals surface area contributed by atoms with E-state index in [1.165, 1.54) is 11.6 Å². The SMILES string of the molecule is CC(C)Cn1c(N)c(C(=O)COC(=O)C2CCC(C(C)(C)C)CC2)c(=O)n(C)c1=O. The average Bonchev–Trinajstić information content (AvgIpc) is 2.67. The molecule has 8 nitrogen and oxygen atoms in total. The zero-order valence-corrected chi connectivity index (χ0v) is 19.0. The third kappa shape index (κ3) is 5.21. The van der Waals surface area contributed by atoms with Crippen LogP contribution in [-0.4, -0.2) is 27.5 Å². The molecule has 2 N–H and O–H groups in total. The van der Waals surface area contributed by atoms with E-state index in [1.54, 1.807) is 0 Å². The van der Waals surface area contributed by atoms with Crippen LogP contribution in [0.4, 0.5) is 5.82 Å². The van der Waals surface area contributed by atoms with E-state index in [0.29, 0.717) is 5.92 Å². The molecule has 1 aliphatic carbocycles. The minimum Gasteiger partial charge on any atom is -0.457 e. The molecule has 0 amide bonds. The van der Waals surface area contributed by atoms with Gasteiger partial charge < -0.3 is 10.5 Å². The topological polar surface area (TPSA) is 113 Å². The Morgan fingerprint density at radius 3 is 2.20 bits per heavy atom. The quantitative estimate of drug-likeness (QED) is 0.557. The highest BCUT2D eigenvalue weighted by Crippen LogP contribution is 2.40. The second kappa shape index (κ2) is 9.18. The van der Waals surface area contributed by atoms with Crippen molar-refractivity contribution < 1.29 is 14.3 Å². The summed E-state index contributed by atoms with van der Waals surface area (Å²) >= 11 is 0. The molecule has 168 valence electrons. The number of esters is 1. The van der Waals surface area contributed by atoms with Crippen LogP contribution in [0.3, 0.4) is 0 Å². The summed E-state index contributed by atoms with van der Waals surface area (Å²) in [5.74, 6) is -0.863. The normalized spacial score (nSPS) is 19.7. The van der Waals surface area contributed by atoms with Gasteiger partial charge in [0.25, 0.3) is 5.56 Å². The van der Waals surface area contributed by atoms with Crippen LogP contribution >= 0.6 is 0 Å². The lowest BCUT2D eigenvalue weighted by atomic mass is 9.70. The van der Waals surface area contributed by atoms with Crippen LogP contribution in [0.1, 0.15) is 70.7 Å². The number of rotatable bonds is 6. The summed E-state index contributed by atoms with van der Waals surface area (Å²) in [6.07, 6.45) is 3.37. The molecule has 1 saturated carbocycles. The Labute approximate surface area is 177 Å². The number of nitrogens with zero attached hydrogens (tertiary/aromatic N) is 2. The van der Waals surface area contributed by atoms with Gasteiger partial charge in [-0.15, -0.1) is 0 Å². The number of nitrogen functional groups attached to an aromatic ring is 1. The molecule has 0 bridgehead atoms. The van der Waals surface area contributed by atoms with Crippen LogP contribution in [0.25, 0.3) is 0 Å². The molecule has 8 heteroatoms. The Morgan fingerprint density at radius 2 is 1.70 bits per heavy atom. The van der Waals surface area contributed by atoms with E-state index in [9.17, 15) is 19.2 Å². The molecule has 1 aliphatic rings. The molecule has 0 aromatic carbocycles. The molecule has 1 heterocycles. The Hall–Kier alpha value is -2.38. The predicted octanol–water partition coefficient (Wildman–Crippen LogP) is 2.36. The number of aromatic nitrogens is 2. The largest absolute Gasteiger partial charge is 0.457 e. The fraction of sp³-hybridized carbons (Fsp3) is 0.727. The van der Waals surface area contributed by atoms with Gasteiger partial charge in [-0.3, -0.25) is 23.5 Å². The maximum absolute atomic E-state index is 12.7. The first-order chi connectivity index (χ1) is 13.8. The van der Waals surface area contributed by atoms with Gasteiger partial charge in [-0.2, -0.15) is 0 Å². The summed E-state index contributed by atoms with van der Waals surface area (Å²) in [5, 5.41) is 0. The first-order valence-electron chi connectivity index (χ1n) is 10.6. The lowest BCUT2D eigenvalue weighted by molar-refractivity contribution is -0.149. The Bertz CT molecular complexity index is 912. The number of ether oxygens (including phenoxy) is 1. The van der Waals surface area contributed by atoms with Crippen molar-refractivity contribution in [1.82, 2.24) is 9.13 Å². The van der Waals surface area contributed by atoms with Gasteiger partial charge in [0.05, 0.1) is 5.92 Å². The van der Waals surface area contributed by atoms with Gasteiger partial charge in [-0.25, -0.2) is 4.79 Å². The molecule has 1 aromatic heterocycles. The van der Waals surface area contributed by atoms with E-state index >= 15 is 0 Å². The maximum Gasteiger partial charge on any atom is 0.332 e. The molecule has 0 radical (unpaired) electrons. The summed E-state index contributed by atoms with van der Waals surface area (Å²) in [4.78, 5) is 49.9. The first kappa shape index (κ1) is 23.9.